The zero-order chi connectivity index (χ0) is 7.40. The van der Waals surface area contributed by atoms with E-state index in [4.69, 9.17) is 0 Å². The Hall–Kier alpha value is -0.563. The Morgan fingerprint density at radius 3 is 2.30 bits per heavy atom. The van der Waals surface area contributed by atoms with E-state index in [9.17, 15) is 0 Å². The molecule has 0 amide bonds. The molecule has 0 saturated heterocycles. The van der Waals surface area contributed by atoms with Crippen LogP contribution in [0.1, 0.15) is 18.0 Å². The van der Waals surface area contributed by atoms with Gasteiger partial charge in [0.15, 0.2) is 0 Å². The van der Waals surface area contributed by atoms with E-state index in [1.54, 1.807) is 0 Å². The lowest BCUT2D eigenvalue weighted by molar-refractivity contribution is 1.07. The largest absolute Gasteiger partial charge is 0.0728 e. The highest BCUT2D eigenvalue weighted by molar-refractivity contribution is 6.35. The summed E-state index contributed by atoms with van der Waals surface area (Å²) in [6, 6.07) is 10.7. The van der Waals surface area contributed by atoms with Gasteiger partial charge in [0.2, 0.25) is 0 Å². The van der Waals surface area contributed by atoms with Crippen molar-refractivity contribution < 1.29 is 0 Å². The van der Waals surface area contributed by atoms with E-state index in [1.807, 2.05) is 0 Å². The quantitative estimate of drug-likeness (QED) is 0.565. The average molecular weight is 148 g/mol. The van der Waals surface area contributed by atoms with Crippen molar-refractivity contribution in [1.29, 1.82) is 0 Å². The van der Waals surface area contributed by atoms with Crippen molar-refractivity contribution in [3.63, 3.8) is 0 Å². The summed E-state index contributed by atoms with van der Waals surface area (Å²) in [6.45, 7) is 4.52. The summed E-state index contributed by atoms with van der Waals surface area (Å²) >= 11 is 0. The van der Waals surface area contributed by atoms with Crippen molar-refractivity contribution >= 4 is 9.52 Å². The minimum Gasteiger partial charge on any atom is -0.0728 e. The van der Waals surface area contributed by atoms with Crippen LogP contribution in [-0.4, -0.2) is 9.52 Å². The van der Waals surface area contributed by atoms with Gasteiger partial charge < -0.3 is 0 Å². The van der Waals surface area contributed by atoms with Gasteiger partial charge in [-0.3, -0.25) is 0 Å². The monoisotopic (exact) mass is 148 g/mol. The molecule has 0 fully saturated rings. The Labute approximate surface area is 65.1 Å². The second-order valence-electron chi connectivity index (χ2n) is 2.42. The van der Waals surface area contributed by atoms with Gasteiger partial charge in [-0.2, -0.15) is 0 Å². The lowest BCUT2D eigenvalue weighted by Gasteiger charge is -2.05. The van der Waals surface area contributed by atoms with Crippen LogP contribution in [0.2, 0.25) is 6.55 Å². The van der Waals surface area contributed by atoms with E-state index in [0.29, 0.717) is 0 Å². The molecule has 10 heavy (non-hydrogen) atoms. The molecule has 1 rings (SSSR count). The summed E-state index contributed by atoms with van der Waals surface area (Å²) < 4.78 is 0. The summed E-state index contributed by atoms with van der Waals surface area (Å²) in [5, 5.41) is 0. The zero-order valence-electron chi connectivity index (χ0n) is 6.46. The maximum absolute atomic E-state index is 2.27. The number of hydrogen-bond acceptors (Lipinski definition) is 0. The minimum absolute atomic E-state index is 0.737. The fraction of sp³-hybridized carbons (Fsp3) is 0.333. The Morgan fingerprint density at radius 1 is 1.20 bits per heavy atom. The van der Waals surface area contributed by atoms with Crippen molar-refractivity contribution in [2.45, 2.75) is 19.0 Å². The summed E-state index contributed by atoms with van der Waals surface area (Å²) in [5.74, 6) is 0. The van der Waals surface area contributed by atoms with Crippen LogP contribution in [0, 0.1) is 0 Å². The van der Waals surface area contributed by atoms with Crippen LogP contribution in [0.25, 0.3) is 0 Å². The van der Waals surface area contributed by atoms with Crippen LogP contribution in [0.15, 0.2) is 30.3 Å². The smallest absolute Gasteiger partial charge is 0.0434 e. The molecular weight excluding hydrogens is 136 g/mol. The molecule has 0 saturated carbocycles. The maximum atomic E-state index is 2.27. The Bertz CT molecular complexity index is 181. The van der Waals surface area contributed by atoms with Gasteiger partial charge in [0, 0.05) is 9.52 Å². The lowest BCUT2D eigenvalue weighted by atomic mass is 10.2. The second-order valence-corrected chi connectivity index (χ2v) is 3.86. The van der Waals surface area contributed by atoms with E-state index in [2.05, 4.69) is 43.8 Å². The van der Waals surface area contributed by atoms with Gasteiger partial charge in [0.25, 0.3) is 0 Å². The third kappa shape index (κ3) is 1.71. The third-order valence-corrected chi connectivity index (χ3v) is 2.93. The van der Waals surface area contributed by atoms with Gasteiger partial charge >= 0.3 is 0 Å². The standard InChI is InChI=1S/C9H12Si/c1-8(10-2)9-6-4-3-5-7-9/h3-8H,1-2H3. The SMILES string of the molecule is C[Si]C(C)c1ccccc1. The molecule has 1 atom stereocenters. The first-order chi connectivity index (χ1) is 4.84. The molecule has 52 valence electrons. The van der Waals surface area contributed by atoms with Crippen LogP contribution >= 0.6 is 0 Å². The highest BCUT2D eigenvalue weighted by Gasteiger charge is 1.99. The van der Waals surface area contributed by atoms with E-state index in [1.165, 1.54) is 5.56 Å². The van der Waals surface area contributed by atoms with Crippen LogP contribution in [-0.2, 0) is 0 Å². The Kier molecular flexibility index (Phi) is 2.69. The van der Waals surface area contributed by atoms with E-state index in [0.717, 1.165) is 15.1 Å². The number of rotatable bonds is 2. The van der Waals surface area contributed by atoms with Crippen molar-refractivity contribution in [2.75, 3.05) is 0 Å². The van der Waals surface area contributed by atoms with Crippen LogP contribution in [0.5, 0.6) is 0 Å². The molecule has 1 unspecified atom stereocenters. The molecule has 0 aliphatic heterocycles. The predicted octanol–water partition coefficient (Wildman–Crippen LogP) is 2.50. The maximum Gasteiger partial charge on any atom is 0.0434 e. The molecule has 2 radical (unpaired) electrons. The Morgan fingerprint density at radius 2 is 1.80 bits per heavy atom. The molecule has 0 aliphatic carbocycles. The lowest BCUT2D eigenvalue weighted by Crippen LogP contribution is -1.98. The number of hydrogen-bond donors (Lipinski definition) is 0. The molecule has 1 heteroatoms. The normalized spacial score (nSPS) is 13.0. The van der Waals surface area contributed by atoms with E-state index < -0.39 is 0 Å². The first-order valence-electron chi connectivity index (χ1n) is 3.57. The topological polar surface area (TPSA) is 0 Å². The predicted molar refractivity (Wildman–Crippen MR) is 46.5 cm³/mol. The van der Waals surface area contributed by atoms with Gasteiger partial charge in [-0.1, -0.05) is 43.8 Å². The fourth-order valence-electron chi connectivity index (χ4n) is 0.908. The third-order valence-electron chi connectivity index (χ3n) is 1.73. The van der Waals surface area contributed by atoms with E-state index in [-0.39, 0.29) is 0 Å². The molecule has 0 aliphatic rings. The van der Waals surface area contributed by atoms with Crippen LogP contribution < -0.4 is 0 Å². The summed E-state index contributed by atoms with van der Waals surface area (Å²) in [6.07, 6.45) is 0. The summed E-state index contributed by atoms with van der Waals surface area (Å²) in [4.78, 5) is 0. The van der Waals surface area contributed by atoms with Gasteiger partial charge in [-0.15, -0.1) is 0 Å². The van der Waals surface area contributed by atoms with Crippen molar-refractivity contribution in [3.8, 4) is 0 Å². The average Bonchev–Trinajstić information content (AvgIpc) is 2.05. The molecule has 0 nitrogen and oxygen atoms in total. The number of benzene rings is 1. The van der Waals surface area contributed by atoms with Gasteiger partial charge in [0.05, 0.1) is 0 Å². The summed E-state index contributed by atoms with van der Waals surface area (Å²) in [5.41, 5.74) is 2.20. The zero-order valence-corrected chi connectivity index (χ0v) is 7.46. The summed E-state index contributed by atoms with van der Waals surface area (Å²) in [7, 11) is 1.01. The van der Waals surface area contributed by atoms with Crippen molar-refractivity contribution in [2.24, 2.45) is 0 Å². The molecule has 0 spiro atoms. The highest BCUT2D eigenvalue weighted by Crippen LogP contribution is 2.11. The van der Waals surface area contributed by atoms with E-state index >= 15 is 0 Å². The first-order valence-corrected chi connectivity index (χ1v) is 5.14. The van der Waals surface area contributed by atoms with Crippen LogP contribution in [0.3, 0.4) is 0 Å². The van der Waals surface area contributed by atoms with Crippen LogP contribution in [0.4, 0.5) is 0 Å². The van der Waals surface area contributed by atoms with Gasteiger partial charge in [-0.05, 0) is 11.1 Å². The van der Waals surface area contributed by atoms with Crippen molar-refractivity contribution in [1.82, 2.24) is 0 Å². The second kappa shape index (κ2) is 3.57. The highest BCUT2D eigenvalue weighted by atomic mass is 28.2. The molecule has 1 aromatic rings. The van der Waals surface area contributed by atoms with Gasteiger partial charge in [0.1, 0.15) is 0 Å². The molecule has 0 aromatic heterocycles. The fourth-order valence-corrected chi connectivity index (χ4v) is 1.43. The van der Waals surface area contributed by atoms with Gasteiger partial charge in [-0.25, -0.2) is 0 Å². The van der Waals surface area contributed by atoms with Crippen molar-refractivity contribution in [3.05, 3.63) is 35.9 Å². The molecule has 0 heterocycles. The molecule has 1 aromatic carbocycles. The minimum atomic E-state index is 0.737. The Balaban J connectivity index is 2.75. The molecule has 0 bridgehead atoms. The molecule has 0 N–H and O–H groups in total. The first kappa shape index (κ1) is 7.54. The molecular formula is C9H12Si.